The van der Waals surface area contributed by atoms with Gasteiger partial charge in [0.1, 0.15) is 0 Å². The molecule has 0 N–H and O–H groups in total. The van der Waals surface area contributed by atoms with Gasteiger partial charge in [-0.2, -0.15) is 0 Å². The largest absolute Gasteiger partial charge is 0.377 e. The summed E-state index contributed by atoms with van der Waals surface area (Å²) >= 11 is 0. The maximum absolute atomic E-state index is 8.26. The molecule has 0 amide bonds. The Balaban J connectivity index is 0.000000487. The average Bonchev–Trinajstić information content (AvgIpc) is 2.66. The Morgan fingerprint density at radius 1 is 0.885 bits per heavy atom. The molecule has 0 aromatic heterocycles. The quantitative estimate of drug-likeness (QED) is 0.238. The summed E-state index contributed by atoms with van der Waals surface area (Å²) in [5.41, 5.74) is 18.5. The Hall–Kier alpha value is -2.88. The van der Waals surface area contributed by atoms with Crippen molar-refractivity contribution in [3.05, 3.63) is 62.8 Å². The van der Waals surface area contributed by atoms with Crippen LogP contribution in [0.15, 0.2) is 46.6 Å². The number of hydrogen-bond acceptors (Lipinski definition) is 3. The van der Waals surface area contributed by atoms with E-state index in [4.69, 9.17) is 11.1 Å². The van der Waals surface area contributed by atoms with Crippen LogP contribution in [0, 0.1) is 0 Å². The van der Waals surface area contributed by atoms with Gasteiger partial charge < -0.3 is 4.90 Å². The van der Waals surface area contributed by atoms with Gasteiger partial charge in [-0.1, -0.05) is 53.9 Å². The zero-order valence-corrected chi connectivity index (χ0v) is 15.8. The van der Waals surface area contributed by atoms with Crippen LogP contribution in [0.3, 0.4) is 0 Å². The number of unbranched alkanes of at least 4 members (excludes halogenated alkanes) is 1. The van der Waals surface area contributed by atoms with E-state index in [1.54, 1.807) is 0 Å². The van der Waals surface area contributed by atoms with Gasteiger partial charge in [-0.05, 0) is 47.3 Å². The predicted molar refractivity (Wildman–Crippen MR) is 110 cm³/mol. The minimum Gasteiger partial charge on any atom is -0.377 e. The summed E-state index contributed by atoms with van der Waals surface area (Å²) in [4.78, 5) is 7.48. The lowest BCUT2D eigenvalue weighted by atomic mass is 9.99. The van der Waals surface area contributed by atoms with Gasteiger partial charge in [-0.3, -0.25) is 0 Å². The van der Waals surface area contributed by atoms with Crippen LogP contribution < -0.4 is 4.90 Å². The molecule has 0 heterocycles. The van der Waals surface area contributed by atoms with Crippen molar-refractivity contribution in [1.82, 2.24) is 0 Å². The topological polar surface area (TPSA) is 101 Å². The van der Waals surface area contributed by atoms with E-state index in [1.165, 1.54) is 22.0 Å². The van der Waals surface area contributed by atoms with Gasteiger partial charge in [0, 0.05) is 48.1 Å². The summed E-state index contributed by atoms with van der Waals surface area (Å²) < 4.78 is 0. The summed E-state index contributed by atoms with van der Waals surface area (Å²) in [5, 5.41) is 9.47. The Labute approximate surface area is 154 Å². The molecule has 7 heteroatoms. The highest BCUT2D eigenvalue weighted by molar-refractivity contribution is 5.96. The van der Waals surface area contributed by atoms with E-state index >= 15 is 0 Å². The zero-order valence-electron chi connectivity index (χ0n) is 15.8. The van der Waals surface area contributed by atoms with Crippen molar-refractivity contribution >= 4 is 16.5 Å². The molecule has 0 fully saturated rings. The second-order valence-electron chi connectivity index (χ2n) is 6.05. The Bertz CT molecular complexity index is 773. The monoisotopic (exact) mass is 353 g/mol. The molecule has 0 saturated heterocycles. The van der Waals surface area contributed by atoms with Crippen LogP contribution in [-0.4, -0.2) is 27.2 Å². The van der Waals surface area contributed by atoms with E-state index in [0.29, 0.717) is 13.1 Å². The van der Waals surface area contributed by atoms with E-state index in [1.807, 2.05) is 6.92 Å². The second kappa shape index (κ2) is 12.5. The Kier molecular flexibility index (Phi) is 10.2. The molecule has 0 atom stereocenters. The number of anilines is 1. The second-order valence-corrected chi connectivity index (χ2v) is 6.05. The fourth-order valence-corrected chi connectivity index (χ4v) is 2.65. The van der Waals surface area contributed by atoms with Crippen molar-refractivity contribution in [1.29, 1.82) is 0 Å². The number of aryl methyl sites for hydroxylation is 1. The molecule has 0 bridgehead atoms. The van der Waals surface area contributed by atoms with Crippen molar-refractivity contribution in [2.75, 3.05) is 32.1 Å². The van der Waals surface area contributed by atoms with Gasteiger partial charge in [0.15, 0.2) is 0 Å². The van der Waals surface area contributed by atoms with Crippen LogP contribution in [-0.2, 0) is 6.42 Å². The molecule has 0 radical (unpaired) electrons. The van der Waals surface area contributed by atoms with Gasteiger partial charge in [0.2, 0.25) is 0 Å². The normalized spacial score (nSPS) is 9.50. The summed E-state index contributed by atoms with van der Waals surface area (Å²) in [7, 11) is 4.14. The van der Waals surface area contributed by atoms with Crippen molar-refractivity contribution in [3.8, 4) is 0 Å². The minimum atomic E-state index is 0.588. The van der Waals surface area contributed by atoms with Gasteiger partial charge in [0.05, 0.1) is 0 Å². The molecule has 2 aromatic rings. The van der Waals surface area contributed by atoms with Crippen LogP contribution in [0.1, 0.15) is 31.7 Å². The molecule has 2 aromatic carbocycles. The fourth-order valence-electron chi connectivity index (χ4n) is 2.65. The summed E-state index contributed by atoms with van der Waals surface area (Å²) in [6.07, 6.45) is 3.94. The van der Waals surface area contributed by atoms with Gasteiger partial charge >= 0.3 is 0 Å². The molecule has 0 aliphatic rings. The lowest BCUT2D eigenvalue weighted by Gasteiger charge is -2.16. The number of rotatable bonds is 8. The number of benzene rings is 2. The van der Waals surface area contributed by atoms with Crippen LogP contribution in [0.4, 0.5) is 5.69 Å². The van der Waals surface area contributed by atoms with Crippen molar-refractivity contribution in [3.63, 3.8) is 0 Å². The van der Waals surface area contributed by atoms with E-state index in [-0.39, 0.29) is 0 Å². The molecule has 0 spiro atoms. The molecule has 0 aliphatic carbocycles. The SMILES string of the molecule is CCCN=[N+]=[N-].CN(C)c1cccc2c(CCCCN=[N+]=[N-])cccc12. The number of fused-ring (bicyclic) bond motifs is 1. The molecule has 0 aliphatic heterocycles. The highest BCUT2D eigenvalue weighted by Crippen LogP contribution is 2.28. The molecular formula is C19H27N7. The molecule has 7 nitrogen and oxygen atoms in total. The van der Waals surface area contributed by atoms with Crippen LogP contribution in [0.5, 0.6) is 0 Å². The Morgan fingerprint density at radius 2 is 1.54 bits per heavy atom. The molecular weight excluding hydrogens is 326 g/mol. The molecule has 0 unspecified atom stereocenters. The van der Waals surface area contributed by atoms with Gasteiger partial charge in [0.25, 0.3) is 0 Å². The van der Waals surface area contributed by atoms with Crippen LogP contribution in [0.25, 0.3) is 31.7 Å². The first-order chi connectivity index (χ1) is 12.7. The predicted octanol–water partition coefficient (Wildman–Crippen LogP) is 6.25. The Morgan fingerprint density at radius 3 is 2.15 bits per heavy atom. The standard InChI is InChI=1S/C16H20N4.C3H7N3/c1-20(2)16-11-6-9-14-13(8-5-10-15(14)16)7-3-4-12-18-19-17;1-2-3-5-6-4/h5-6,8-11H,3-4,7,12H2,1-2H3;2-3H2,1H3. The number of nitrogens with zero attached hydrogens (tertiary/aromatic N) is 7. The van der Waals surface area contributed by atoms with E-state index in [9.17, 15) is 0 Å². The highest BCUT2D eigenvalue weighted by Gasteiger charge is 2.05. The summed E-state index contributed by atoms with van der Waals surface area (Å²) in [6.45, 7) is 3.18. The number of hydrogen-bond donors (Lipinski definition) is 0. The van der Waals surface area contributed by atoms with Crippen molar-refractivity contribution in [2.45, 2.75) is 32.6 Å². The lowest BCUT2D eigenvalue weighted by Crippen LogP contribution is -2.09. The van der Waals surface area contributed by atoms with Gasteiger partial charge in [-0.15, -0.1) is 0 Å². The van der Waals surface area contributed by atoms with E-state index < -0.39 is 0 Å². The minimum absolute atomic E-state index is 0.588. The lowest BCUT2D eigenvalue weighted by molar-refractivity contribution is 0.744. The molecule has 2 rings (SSSR count). The first-order valence-corrected chi connectivity index (χ1v) is 8.85. The van der Waals surface area contributed by atoms with Crippen molar-refractivity contribution in [2.24, 2.45) is 10.2 Å². The molecule has 138 valence electrons. The van der Waals surface area contributed by atoms with Crippen LogP contribution >= 0.6 is 0 Å². The smallest absolute Gasteiger partial charge is 0.0440 e. The van der Waals surface area contributed by atoms with Crippen LogP contribution in [0.2, 0.25) is 0 Å². The maximum atomic E-state index is 8.26. The van der Waals surface area contributed by atoms with Crippen molar-refractivity contribution < 1.29 is 0 Å². The third-order valence-electron chi connectivity index (χ3n) is 3.88. The van der Waals surface area contributed by atoms with E-state index in [0.717, 1.165) is 25.7 Å². The zero-order chi connectivity index (χ0) is 19.2. The first kappa shape index (κ1) is 21.2. The maximum Gasteiger partial charge on any atom is 0.0440 e. The summed E-state index contributed by atoms with van der Waals surface area (Å²) in [5.74, 6) is 0. The third-order valence-corrected chi connectivity index (χ3v) is 3.88. The molecule has 0 saturated carbocycles. The van der Waals surface area contributed by atoms with E-state index in [2.05, 4.69) is 75.4 Å². The molecule has 26 heavy (non-hydrogen) atoms. The first-order valence-electron chi connectivity index (χ1n) is 8.85. The highest BCUT2D eigenvalue weighted by atomic mass is 15.1. The number of azide groups is 2. The average molecular weight is 353 g/mol. The van der Waals surface area contributed by atoms with Gasteiger partial charge in [-0.25, -0.2) is 0 Å². The third kappa shape index (κ3) is 6.93. The summed E-state index contributed by atoms with van der Waals surface area (Å²) in [6, 6.07) is 12.9. The fraction of sp³-hybridized carbons (Fsp3) is 0.474.